The van der Waals surface area contributed by atoms with Crippen LogP contribution < -0.4 is 5.32 Å². The summed E-state index contributed by atoms with van der Waals surface area (Å²) in [7, 11) is 3.92. The third-order valence-electron chi connectivity index (χ3n) is 3.97. The normalized spacial score (nSPS) is 22.0. The van der Waals surface area contributed by atoms with Crippen LogP contribution in [0.15, 0.2) is 24.3 Å². The molecule has 1 aromatic rings. The second-order valence-corrected chi connectivity index (χ2v) is 5.51. The largest absolute Gasteiger partial charge is 0.384 e. The highest BCUT2D eigenvalue weighted by Gasteiger charge is 2.33. The Kier molecular flexibility index (Phi) is 4.25. The maximum atomic E-state index is 5.11. The smallest absolute Gasteiger partial charge is 0.0589 e. The predicted molar refractivity (Wildman–Crippen MR) is 76.3 cm³/mol. The Morgan fingerprint density at radius 2 is 2.11 bits per heavy atom. The first-order valence-corrected chi connectivity index (χ1v) is 6.66. The van der Waals surface area contributed by atoms with Crippen LogP contribution in [0.5, 0.6) is 0 Å². The molecule has 0 saturated carbocycles. The number of fused-ring (bicyclic) bond motifs is 1. The quantitative estimate of drug-likeness (QED) is 0.836. The maximum absolute atomic E-state index is 5.11. The molecule has 2 rings (SSSR count). The van der Waals surface area contributed by atoms with Crippen LogP contribution in [0.4, 0.5) is 5.69 Å². The highest BCUT2D eigenvalue weighted by molar-refractivity contribution is 5.59. The minimum atomic E-state index is 0.262. The van der Waals surface area contributed by atoms with Gasteiger partial charge in [-0.15, -0.1) is 0 Å². The van der Waals surface area contributed by atoms with Gasteiger partial charge in [-0.2, -0.15) is 0 Å². The van der Waals surface area contributed by atoms with Gasteiger partial charge in [-0.3, -0.25) is 0 Å². The number of anilines is 1. The molecule has 1 atom stereocenters. The van der Waals surface area contributed by atoms with E-state index in [4.69, 9.17) is 4.74 Å². The number of hydrogen-bond acceptors (Lipinski definition) is 3. The third-order valence-corrected chi connectivity index (χ3v) is 3.97. The first-order chi connectivity index (χ1) is 8.65. The zero-order valence-electron chi connectivity index (χ0n) is 11.7. The Labute approximate surface area is 110 Å². The van der Waals surface area contributed by atoms with Crippen molar-refractivity contribution in [1.82, 2.24) is 4.90 Å². The van der Waals surface area contributed by atoms with Gasteiger partial charge in [0.15, 0.2) is 0 Å². The zero-order valence-corrected chi connectivity index (χ0v) is 11.7. The molecule has 18 heavy (non-hydrogen) atoms. The summed E-state index contributed by atoms with van der Waals surface area (Å²) in [6.07, 6.45) is 1.18. The summed E-state index contributed by atoms with van der Waals surface area (Å²) in [5, 5.41) is 3.51. The Hall–Kier alpha value is -1.06. The molecule has 0 spiro atoms. The van der Waals surface area contributed by atoms with Gasteiger partial charge in [-0.05, 0) is 31.6 Å². The molecule has 1 unspecified atom stereocenters. The molecule has 0 aliphatic carbocycles. The lowest BCUT2D eigenvalue weighted by Gasteiger charge is -2.27. The molecule has 0 aromatic heterocycles. The fourth-order valence-corrected chi connectivity index (χ4v) is 2.57. The van der Waals surface area contributed by atoms with Crippen LogP contribution >= 0.6 is 0 Å². The van der Waals surface area contributed by atoms with Gasteiger partial charge in [0, 0.05) is 31.3 Å². The SMILES string of the molecule is COCCN(C)CCC1(C)CNc2ccccc21. The van der Waals surface area contributed by atoms with Gasteiger partial charge < -0.3 is 15.0 Å². The van der Waals surface area contributed by atoms with Crippen LogP contribution in [0, 0.1) is 0 Å². The summed E-state index contributed by atoms with van der Waals surface area (Å²) in [5.74, 6) is 0. The Morgan fingerprint density at radius 1 is 1.33 bits per heavy atom. The van der Waals surface area contributed by atoms with Crippen LogP contribution in [-0.4, -0.2) is 45.3 Å². The molecular weight excluding hydrogens is 224 g/mol. The number of ether oxygens (including phenoxy) is 1. The van der Waals surface area contributed by atoms with E-state index >= 15 is 0 Å². The Morgan fingerprint density at radius 3 is 2.89 bits per heavy atom. The molecule has 1 N–H and O–H groups in total. The average Bonchev–Trinajstić information content (AvgIpc) is 2.73. The summed E-state index contributed by atoms with van der Waals surface area (Å²) in [6, 6.07) is 8.67. The number of methoxy groups -OCH3 is 1. The van der Waals surface area contributed by atoms with Gasteiger partial charge in [-0.25, -0.2) is 0 Å². The highest BCUT2D eigenvalue weighted by Crippen LogP contribution is 2.38. The topological polar surface area (TPSA) is 24.5 Å². The van der Waals surface area contributed by atoms with Crippen molar-refractivity contribution in [3.8, 4) is 0 Å². The van der Waals surface area contributed by atoms with E-state index < -0.39 is 0 Å². The van der Waals surface area contributed by atoms with Crippen LogP contribution in [0.25, 0.3) is 0 Å². The summed E-state index contributed by atoms with van der Waals surface area (Å²) < 4.78 is 5.11. The van der Waals surface area contributed by atoms with Gasteiger partial charge in [0.05, 0.1) is 6.61 Å². The standard InChI is InChI=1S/C15H24N2O/c1-15(8-9-17(2)10-11-18-3)12-16-14-7-5-4-6-13(14)15/h4-7,16H,8-12H2,1-3H3. The average molecular weight is 248 g/mol. The maximum Gasteiger partial charge on any atom is 0.0589 e. The van der Waals surface area contributed by atoms with Crippen LogP contribution in [0.3, 0.4) is 0 Å². The predicted octanol–water partition coefficient (Wildman–Crippen LogP) is 2.34. The molecular formula is C15H24N2O. The van der Waals surface area contributed by atoms with Crippen molar-refractivity contribution in [1.29, 1.82) is 0 Å². The third kappa shape index (κ3) is 2.85. The molecule has 3 nitrogen and oxygen atoms in total. The van der Waals surface area contributed by atoms with Crippen LogP contribution in [-0.2, 0) is 10.2 Å². The summed E-state index contributed by atoms with van der Waals surface area (Å²) in [6.45, 7) is 6.32. The number of nitrogens with zero attached hydrogens (tertiary/aromatic N) is 1. The number of likely N-dealkylation sites (N-methyl/N-ethyl adjacent to an activating group) is 1. The molecule has 1 aliphatic heterocycles. The monoisotopic (exact) mass is 248 g/mol. The molecule has 0 fully saturated rings. The molecule has 1 heterocycles. The van der Waals surface area contributed by atoms with Crippen molar-refractivity contribution in [3.63, 3.8) is 0 Å². The molecule has 0 amide bonds. The van der Waals surface area contributed by atoms with Crippen molar-refractivity contribution in [2.24, 2.45) is 0 Å². The molecule has 1 aromatic carbocycles. The fourth-order valence-electron chi connectivity index (χ4n) is 2.57. The number of para-hydroxylation sites is 1. The van der Waals surface area contributed by atoms with Crippen LogP contribution in [0.2, 0.25) is 0 Å². The zero-order chi connectivity index (χ0) is 13.0. The number of benzene rings is 1. The minimum absolute atomic E-state index is 0.262. The molecule has 100 valence electrons. The van der Waals surface area contributed by atoms with E-state index in [1.54, 1.807) is 7.11 Å². The van der Waals surface area contributed by atoms with Gasteiger partial charge >= 0.3 is 0 Å². The van der Waals surface area contributed by atoms with E-state index in [1.165, 1.54) is 17.7 Å². The first-order valence-electron chi connectivity index (χ1n) is 6.66. The number of hydrogen-bond donors (Lipinski definition) is 1. The van der Waals surface area contributed by atoms with Crippen molar-refractivity contribution < 1.29 is 4.74 Å². The first kappa shape index (κ1) is 13.4. The van der Waals surface area contributed by atoms with Crippen molar-refractivity contribution in [2.75, 3.05) is 45.7 Å². The van der Waals surface area contributed by atoms with E-state index in [0.717, 1.165) is 26.2 Å². The second kappa shape index (κ2) is 5.72. The van der Waals surface area contributed by atoms with Crippen LogP contribution in [0.1, 0.15) is 18.9 Å². The molecule has 3 heteroatoms. The van der Waals surface area contributed by atoms with E-state index in [2.05, 4.69) is 48.5 Å². The lowest BCUT2D eigenvalue weighted by Crippen LogP contribution is -2.32. The Balaban J connectivity index is 1.93. The van der Waals surface area contributed by atoms with Gasteiger partial charge in [-0.1, -0.05) is 25.1 Å². The van der Waals surface area contributed by atoms with E-state index in [-0.39, 0.29) is 5.41 Å². The summed E-state index contributed by atoms with van der Waals surface area (Å²) >= 11 is 0. The highest BCUT2D eigenvalue weighted by atomic mass is 16.5. The minimum Gasteiger partial charge on any atom is -0.384 e. The molecule has 0 bridgehead atoms. The Bertz CT molecular complexity index is 394. The molecule has 0 saturated heterocycles. The summed E-state index contributed by atoms with van der Waals surface area (Å²) in [4.78, 5) is 2.34. The van der Waals surface area contributed by atoms with Crippen molar-refractivity contribution in [3.05, 3.63) is 29.8 Å². The lowest BCUT2D eigenvalue weighted by atomic mass is 9.81. The number of nitrogens with one attached hydrogen (secondary N) is 1. The van der Waals surface area contributed by atoms with E-state index in [0.29, 0.717) is 0 Å². The molecule has 0 radical (unpaired) electrons. The van der Waals surface area contributed by atoms with E-state index in [9.17, 15) is 0 Å². The van der Waals surface area contributed by atoms with Crippen molar-refractivity contribution >= 4 is 5.69 Å². The molecule has 1 aliphatic rings. The second-order valence-electron chi connectivity index (χ2n) is 5.51. The van der Waals surface area contributed by atoms with Crippen molar-refractivity contribution in [2.45, 2.75) is 18.8 Å². The van der Waals surface area contributed by atoms with Gasteiger partial charge in [0.1, 0.15) is 0 Å². The lowest BCUT2D eigenvalue weighted by molar-refractivity contribution is 0.157. The number of rotatable bonds is 6. The fraction of sp³-hybridized carbons (Fsp3) is 0.600. The van der Waals surface area contributed by atoms with Gasteiger partial charge in [0.25, 0.3) is 0 Å². The van der Waals surface area contributed by atoms with E-state index in [1.807, 2.05) is 0 Å². The summed E-state index contributed by atoms with van der Waals surface area (Å²) in [5.41, 5.74) is 3.03. The van der Waals surface area contributed by atoms with Gasteiger partial charge in [0.2, 0.25) is 0 Å².